The summed E-state index contributed by atoms with van der Waals surface area (Å²) in [4.78, 5) is 0. The molecule has 4 heteroatoms. The number of nitrogens with one attached hydrogen (secondary N) is 1. The third-order valence-electron chi connectivity index (χ3n) is 1.64. The quantitative estimate of drug-likeness (QED) is 0.778. The number of anilines is 1. The number of methoxy groups -OCH3 is 1. The van der Waals surface area contributed by atoms with E-state index in [9.17, 15) is 0 Å². The summed E-state index contributed by atoms with van der Waals surface area (Å²) in [5.41, 5.74) is 6.23. The fourth-order valence-corrected chi connectivity index (χ4v) is 1.21. The molecule has 0 heterocycles. The first kappa shape index (κ1) is 10.2. The van der Waals surface area contributed by atoms with Gasteiger partial charge in [0.2, 0.25) is 0 Å². The van der Waals surface area contributed by atoms with E-state index in [0.29, 0.717) is 18.1 Å². The summed E-state index contributed by atoms with van der Waals surface area (Å²) >= 11 is 5.96. The Morgan fingerprint density at radius 1 is 1.54 bits per heavy atom. The van der Waals surface area contributed by atoms with Gasteiger partial charge in [0.1, 0.15) is 5.75 Å². The number of benzene rings is 1. The minimum atomic E-state index is 0.586. The first-order valence-electron chi connectivity index (χ1n) is 4.05. The lowest BCUT2D eigenvalue weighted by Gasteiger charge is -2.08. The molecule has 0 radical (unpaired) electrons. The van der Waals surface area contributed by atoms with Gasteiger partial charge in [-0.05, 0) is 12.1 Å². The lowest BCUT2D eigenvalue weighted by Crippen LogP contribution is -2.13. The van der Waals surface area contributed by atoms with Crippen LogP contribution in [0.2, 0.25) is 5.02 Å². The van der Waals surface area contributed by atoms with Crippen molar-refractivity contribution in [3.8, 4) is 5.75 Å². The Labute approximate surface area is 82.8 Å². The van der Waals surface area contributed by atoms with E-state index in [1.807, 2.05) is 12.1 Å². The van der Waals surface area contributed by atoms with Crippen LogP contribution in [0.15, 0.2) is 18.2 Å². The molecule has 1 aromatic carbocycles. The van der Waals surface area contributed by atoms with Gasteiger partial charge in [-0.25, -0.2) is 0 Å². The SMILES string of the molecule is COc1ccc(NCCN)c(Cl)c1. The van der Waals surface area contributed by atoms with Crippen LogP contribution in [0.5, 0.6) is 5.75 Å². The van der Waals surface area contributed by atoms with Crippen molar-refractivity contribution in [2.45, 2.75) is 0 Å². The zero-order valence-electron chi connectivity index (χ0n) is 7.51. The largest absolute Gasteiger partial charge is 0.497 e. The normalized spacial score (nSPS) is 9.77. The van der Waals surface area contributed by atoms with Crippen molar-refractivity contribution in [1.29, 1.82) is 0 Å². The monoisotopic (exact) mass is 200 g/mol. The Bertz CT molecular complexity index is 278. The number of hydrogen-bond acceptors (Lipinski definition) is 3. The highest BCUT2D eigenvalue weighted by Gasteiger charge is 2.00. The molecule has 0 saturated heterocycles. The molecular formula is C9H13ClN2O. The summed E-state index contributed by atoms with van der Waals surface area (Å²) in [6, 6.07) is 5.49. The number of halogens is 1. The molecule has 0 aliphatic carbocycles. The van der Waals surface area contributed by atoms with Crippen LogP contribution in [0.4, 0.5) is 5.69 Å². The molecule has 1 aromatic rings. The predicted molar refractivity (Wildman–Crippen MR) is 55.5 cm³/mol. The van der Waals surface area contributed by atoms with Crippen LogP contribution in [0.1, 0.15) is 0 Å². The van der Waals surface area contributed by atoms with Crippen molar-refractivity contribution in [2.24, 2.45) is 5.73 Å². The Hall–Kier alpha value is -0.930. The van der Waals surface area contributed by atoms with Crippen molar-refractivity contribution in [3.63, 3.8) is 0 Å². The van der Waals surface area contributed by atoms with Crippen molar-refractivity contribution >= 4 is 17.3 Å². The first-order chi connectivity index (χ1) is 6.27. The summed E-state index contributed by atoms with van der Waals surface area (Å²) in [7, 11) is 1.61. The molecule has 0 atom stereocenters. The van der Waals surface area contributed by atoms with Crippen LogP contribution < -0.4 is 15.8 Å². The standard InChI is InChI=1S/C9H13ClN2O/c1-13-7-2-3-9(8(10)6-7)12-5-4-11/h2-3,6,12H,4-5,11H2,1H3. The lowest BCUT2D eigenvalue weighted by molar-refractivity contribution is 0.415. The molecule has 3 nitrogen and oxygen atoms in total. The summed E-state index contributed by atoms with van der Waals surface area (Å²) < 4.78 is 5.02. The maximum Gasteiger partial charge on any atom is 0.120 e. The minimum Gasteiger partial charge on any atom is -0.497 e. The predicted octanol–water partition coefficient (Wildman–Crippen LogP) is 1.72. The summed E-state index contributed by atoms with van der Waals surface area (Å²) in [5, 5.41) is 3.75. The highest BCUT2D eigenvalue weighted by molar-refractivity contribution is 6.33. The second-order valence-electron chi connectivity index (χ2n) is 2.56. The summed E-state index contributed by atoms with van der Waals surface area (Å²) in [6.45, 7) is 1.30. The highest BCUT2D eigenvalue weighted by atomic mass is 35.5. The maximum absolute atomic E-state index is 5.96. The van der Waals surface area contributed by atoms with Gasteiger partial charge in [-0.3, -0.25) is 0 Å². The van der Waals surface area contributed by atoms with E-state index < -0.39 is 0 Å². The fourth-order valence-electron chi connectivity index (χ4n) is 0.973. The maximum atomic E-state index is 5.96. The van der Waals surface area contributed by atoms with Gasteiger partial charge in [0, 0.05) is 19.2 Å². The van der Waals surface area contributed by atoms with Crippen LogP contribution >= 0.6 is 11.6 Å². The van der Waals surface area contributed by atoms with Gasteiger partial charge in [0.25, 0.3) is 0 Å². The van der Waals surface area contributed by atoms with Gasteiger partial charge in [-0.1, -0.05) is 11.6 Å². The third-order valence-corrected chi connectivity index (χ3v) is 1.95. The second-order valence-corrected chi connectivity index (χ2v) is 2.97. The Morgan fingerprint density at radius 2 is 2.31 bits per heavy atom. The van der Waals surface area contributed by atoms with Crippen molar-refractivity contribution in [1.82, 2.24) is 0 Å². The topological polar surface area (TPSA) is 47.3 Å². The molecule has 0 aromatic heterocycles. The van der Waals surface area contributed by atoms with E-state index >= 15 is 0 Å². The smallest absolute Gasteiger partial charge is 0.120 e. The van der Waals surface area contributed by atoms with Gasteiger partial charge in [0.05, 0.1) is 17.8 Å². The zero-order chi connectivity index (χ0) is 9.68. The van der Waals surface area contributed by atoms with E-state index in [2.05, 4.69) is 5.32 Å². The van der Waals surface area contributed by atoms with Crippen molar-refractivity contribution in [2.75, 3.05) is 25.5 Å². The Balaban J connectivity index is 2.73. The molecule has 0 aliphatic rings. The van der Waals surface area contributed by atoms with Gasteiger partial charge < -0.3 is 15.8 Å². The van der Waals surface area contributed by atoms with E-state index in [1.165, 1.54) is 0 Å². The molecule has 0 amide bonds. The molecule has 13 heavy (non-hydrogen) atoms. The molecule has 3 N–H and O–H groups in total. The Morgan fingerprint density at radius 3 is 2.85 bits per heavy atom. The second kappa shape index (κ2) is 4.94. The van der Waals surface area contributed by atoms with Crippen LogP contribution in [-0.4, -0.2) is 20.2 Å². The lowest BCUT2D eigenvalue weighted by atomic mass is 10.3. The van der Waals surface area contributed by atoms with E-state index in [0.717, 1.165) is 11.4 Å². The molecule has 0 bridgehead atoms. The Kier molecular flexibility index (Phi) is 3.86. The zero-order valence-corrected chi connectivity index (χ0v) is 8.27. The molecule has 0 spiro atoms. The summed E-state index contributed by atoms with van der Waals surface area (Å²) in [5.74, 6) is 0.753. The number of ether oxygens (including phenoxy) is 1. The molecule has 0 aliphatic heterocycles. The van der Waals surface area contributed by atoms with E-state index in [-0.39, 0.29) is 0 Å². The molecule has 0 fully saturated rings. The van der Waals surface area contributed by atoms with Crippen LogP contribution in [0.3, 0.4) is 0 Å². The van der Waals surface area contributed by atoms with Crippen LogP contribution in [-0.2, 0) is 0 Å². The van der Waals surface area contributed by atoms with E-state index in [4.69, 9.17) is 22.1 Å². The first-order valence-corrected chi connectivity index (χ1v) is 4.43. The van der Waals surface area contributed by atoms with Crippen LogP contribution in [0, 0.1) is 0 Å². The van der Waals surface area contributed by atoms with Gasteiger partial charge in [0.15, 0.2) is 0 Å². The van der Waals surface area contributed by atoms with E-state index in [1.54, 1.807) is 13.2 Å². The van der Waals surface area contributed by atoms with Crippen LogP contribution in [0.25, 0.3) is 0 Å². The number of hydrogen-bond donors (Lipinski definition) is 2. The van der Waals surface area contributed by atoms with Gasteiger partial charge >= 0.3 is 0 Å². The highest BCUT2D eigenvalue weighted by Crippen LogP contribution is 2.26. The average Bonchev–Trinajstić information content (AvgIpc) is 2.16. The molecule has 0 saturated carbocycles. The summed E-state index contributed by atoms with van der Waals surface area (Å²) in [6.07, 6.45) is 0. The molecular weight excluding hydrogens is 188 g/mol. The number of nitrogens with two attached hydrogens (primary N) is 1. The minimum absolute atomic E-state index is 0.586. The van der Waals surface area contributed by atoms with Crippen molar-refractivity contribution < 1.29 is 4.74 Å². The average molecular weight is 201 g/mol. The van der Waals surface area contributed by atoms with Gasteiger partial charge in [-0.2, -0.15) is 0 Å². The molecule has 0 unspecified atom stereocenters. The fraction of sp³-hybridized carbons (Fsp3) is 0.333. The molecule has 1 rings (SSSR count). The number of rotatable bonds is 4. The van der Waals surface area contributed by atoms with Gasteiger partial charge in [-0.15, -0.1) is 0 Å². The third kappa shape index (κ3) is 2.79. The van der Waals surface area contributed by atoms with Crippen molar-refractivity contribution in [3.05, 3.63) is 23.2 Å². The molecule has 72 valence electrons.